The van der Waals surface area contributed by atoms with E-state index in [-0.39, 0.29) is 11.8 Å². The summed E-state index contributed by atoms with van der Waals surface area (Å²) in [5.74, 6) is 0.0775. The van der Waals surface area contributed by atoms with Crippen LogP contribution in [0.25, 0.3) is 22.2 Å². The van der Waals surface area contributed by atoms with Crippen LogP contribution in [0.5, 0.6) is 5.88 Å². The third-order valence-corrected chi connectivity index (χ3v) is 4.24. The van der Waals surface area contributed by atoms with Crippen molar-refractivity contribution in [2.24, 2.45) is 10.2 Å². The molecule has 0 aliphatic rings. The zero-order valence-corrected chi connectivity index (χ0v) is 14.9. The topological polar surface area (TPSA) is 99.4 Å². The van der Waals surface area contributed by atoms with Gasteiger partial charge in [0, 0.05) is 14.5 Å². The van der Waals surface area contributed by atoms with E-state index in [0.29, 0.717) is 11.4 Å². The Morgan fingerprint density at radius 3 is 2.72 bits per heavy atom. The predicted molar refractivity (Wildman–Crippen MR) is 102 cm³/mol. The van der Waals surface area contributed by atoms with Gasteiger partial charge in [-0.3, -0.25) is 0 Å². The number of rotatable bonds is 3. The fourth-order valence-corrected chi connectivity index (χ4v) is 2.91. The molecule has 0 amide bonds. The summed E-state index contributed by atoms with van der Waals surface area (Å²) < 4.78 is 1.03. The minimum atomic E-state index is -0.0482. The molecular weight excluding hydrogens is 431 g/mol. The molecule has 2 heterocycles. The van der Waals surface area contributed by atoms with Gasteiger partial charge in [-0.25, -0.2) is 4.98 Å². The lowest BCUT2D eigenvalue weighted by atomic mass is 10.2. The van der Waals surface area contributed by atoms with E-state index in [1.807, 2.05) is 48.5 Å². The number of nitrogens with zero attached hydrogens (tertiary/aromatic N) is 5. The van der Waals surface area contributed by atoms with Crippen LogP contribution in [0.2, 0.25) is 0 Å². The first-order chi connectivity index (χ1) is 12.2. The van der Waals surface area contributed by atoms with Crippen LogP contribution < -0.4 is 0 Å². The van der Waals surface area contributed by atoms with Gasteiger partial charge in [-0.05, 0) is 40.8 Å². The van der Waals surface area contributed by atoms with E-state index in [9.17, 15) is 5.11 Å². The van der Waals surface area contributed by atoms with E-state index >= 15 is 0 Å². The maximum atomic E-state index is 10.1. The average molecular weight is 442 g/mol. The number of aromatic amines is 1. The van der Waals surface area contributed by atoms with Gasteiger partial charge in [0.2, 0.25) is 5.88 Å². The van der Waals surface area contributed by atoms with Crippen molar-refractivity contribution in [2.45, 2.75) is 0 Å². The Kier molecular flexibility index (Phi) is 4.10. The summed E-state index contributed by atoms with van der Waals surface area (Å²) >= 11 is 2.20. The molecule has 0 fully saturated rings. The Morgan fingerprint density at radius 1 is 1.04 bits per heavy atom. The molecular formula is C17H11IN6O. The van der Waals surface area contributed by atoms with Crippen LogP contribution in [0.1, 0.15) is 0 Å². The fourth-order valence-electron chi connectivity index (χ4n) is 2.42. The van der Waals surface area contributed by atoms with E-state index in [4.69, 9.17) is 0 Å². The van der Waals surface area contributed by atoms with Crippen LogP contribution in [-0.2, 0) is 0 Å². The summed E-state index contributed by atoms with van der Waals surface area (Å²) in [6.07, 6.45) is 1.57. The lowest BCUT2D eigenvalue weighted by molar-refractivity contribution is 0.459. The highest BCUT2D eigenvalue weighted by Gasteiger charge is 2.11. The fraction of sp³-hybridized carbons (Fsp3) is 0. The summed E-state index contributed by atoms with van der Waals surface area (Å²) in [7, 11) is 0. The Morgan fingerprint density at radius 2 is 1.88 bits per heavy atom. The van der Waals surface area contributed by atoms with Crippen LogP contribution in [0.4, 0.5) is 11.6 Å². The van der Waals surface area contributed by atoms with Gasteiger partial charge in [-0.2, -0.15) is 5.10 Å². The maximum Gasteiger partial charge on any atom is 0.288 e. The van der Waals surface area contributed by atoms with Gasteiger partial charge >= 0.3 is 0 Å². The lowest BCUT2D eigenvalue weighted by Gasteiger charge is -1.99. The minimum absolute atomic E-state index is 0.0482. The zero-order valence-electron chi connectivity index (χ0n) is 12.8. The standard InChI is InChI=1S/C17H11IN6O/c18-11-6-7-13-12(8-11)15(16(25)20-13)22-24-17-21-14(9-19-23-17)10-4-2-1-3-5-10/h1-9,20,25H. The largest absolute Gasteiger partial charge is 0.493 e. The second-order valence-corrected chi connectivity index (χ2v) is 6.47. The number of H-pyrrole nitrogens is 1. The molecule has 0 bridgehead atoms. The van der Waals surface area contributed by atoms with Crippen molar-refractivity contribution in [3.8, 4) is 17.1 Å². The lowest BCUT2D eigenvalue weighted by Crippen LogP contribution is -1.89. The van der Waals surface area contributed by atoms with E-state index in [1.54, 1.807) is 6.20 Å². The third kappa shape index (κ3) is 3.20. The molecule has 0 atom stereocenters. The van der Waals surface area contributed by atoms with Crippen LogP contribution in [0.15, 0.2) is 65.0 Å². The van der Waals surface area contributed by atoms with Crippen molar-refractivity contribution < 1.29 is 5.11 Å². The molecule has 2 N–H and O–H groups in total. The highest BCUT2D eigenvalue weighted by Crippen LogP contribution is 2.36. The van der Waals surface area contributed by atoms with Gasteiger partial charge < -0.3 is 10.1 Å². The number of hydrogen-bond acceptors (Lipinski definition) is 6. The van der Waals surface area contributed by atoms with Crippen LogP contribution in [0, 0.1) is 3.57 Å². The second-order valence-electron chi connectivity index (χ2n) is 5.22. The number of hydrogen-bond donors (Lipinski definition) is 2. The van der Waals surface area contributed by atoms with Gasteiger partial charge in [-0.15, -0.1) is 15.3 Å². The molecule has 0 unspecified atom stereocenters. The van der Waals surface area contributed by atoms with Crippen LogP contribution in [0.3, 0.4) is 0 Å². The number of nitrogens with one attached hydrogen (secondary N) is 1. The van der Waals surface area contributed by atoms with Crippen molar-refractivity contribution in [1.29, 1.82) is 0 Å². The number of benzene rings is 2. The first kappa shape index (κ1) is 15.6. The molecule has 2 aromatic carbocycles. The third-order valence-electron chi connectivity index (χ3n) is 3.57. The predicted octanol–water partition coefficient (Wildman–Crippen LogP) is 4.75. The number of aromatic nitrogens is 4. The Bertz CT molecular complexity index is 1080. The monoisotopic (exact) mass is 442 g/mol. The van der Waals surface area contributed by atoms with Crippen molar-refractivity contribution in [3.63, 3.8) is 0 Å². The van der Waals surface area contributed by atoms with Gasteiger partial charge in [0.1, 0.15) is 0 Å². The van der Waals surface area contributed by atoms with Gasteiger partial charge in [0.05, 0.1) is 17.4 Å². The number of fused-ring (bicyclic) bond motifs is 1. The van der Waals surface area contributed by atoms with E-state index < -0.39 is 0 Å². The van der Waals surface area contributed by atoms with E-state index in [1.165, 1.54) is 0 Å². The molecule has 0 spiro atoms. The van der Waals surface area contributed by atoms with Gasteiger partial charge in [0.25, 0.3) is 5.95 Å². The Balaban J connectivity index is 1.71. The van der Waals surface area contributed by atoms with Crippen molar-refractivity contribution in [1.82, 2.24) is 20.2 Å². The molecule has 8 heteroatoms. The SMILES string of the molecule is Oc1[nH]c2ccc(I)cc2c1N=Nc1nncc(-c2ccccc2)n1. The normalized spacial score (nSPS) is 11.4. The highest BCUT2D eigenvalue weighted by molar-refractivity contribution is 14.1. The number of halogens is 1. The number of aromatic hydroxyl groups is 1. The van der Waals surface area contributed by atoms with Gasteiger partial charge in [-0.1, -0.05) is 30.3 Å². The van der Waals surface area contributed by atoms with E-state index in [2.05, 4.69) is 53.0 Å². The molecule has 0 aliphatic heterocycles. The average Bonchev–Trinajstić information content (AvgIpc) is 2.95. The molecule has 0 radical (unpaired) electrons. The maximum absolute atomic E-state index is 10.1. The molecule has 4 aromatic rings. The first-order valence-electron chi connectivity index (χ1n) is 7.38. The van der Waals surface area contributed by atoms with Crippen molar-refractivity contribution >= 4 is 45.1 Å². The minimum Gasteiger partial charge on any atom is -0.493 e. The van der Waals surface area contributed by atoms with Crippen molar-refractivity contribution in [3.05, 3.63) is 58.3 Å². The van der Waals surface area contributed by atoms with Crippen LogP contribution >= 0.6 is 22.6 Å². The second kappa shape index (κ2) is 6.55. The smallest absolute Gasteiger partial charge is 0.288 e. The first-order valence-corrected chi connectivity index (χ1v) is 8.45. The highest BCUT2D eigenvalue weighted by atomic mass is 127. The molecule has 7 nitrogen and oxygen atoms in total. The molecule has 2 aromatic heterocycles. The summed E-state index contributed by atoms with van der Waals surface area (Å²) in [6.45, 7) is 0. The summed E-state index contributed by atoms with van der Waals surface area (Å²) in [5, 5.41) is 26.8. The Hall–Kier alpha value is -2.88. The molecule has 0 saturated carbocycles. The Labute approximate surface area is 156 Å². The zero-order chi connectivity index (χ0) is 17.2. The molecule has 4 rings (SSSR count). The van der Waals surface area contributed by atoms with Gasteiger partial charge in [0.15, 0.2) is 5.69 Å². The van der Waals surface area contributed by atoms with Crippen molar-refractivity contribution in [2.75, 3.05) is 0 Å². The molecule has 0 aliphatic carbocycles. The quantitative estimate of drug-likeness (QED) is 0.354. The molecule has 25 heavy (non-hydrogen) atoms. The van der Waals surface area contributed by atoms with E-state index in [0.717, 1.165) is 20.0 Å². The summed E-state index contributed by atoms with van der Waals surface area (Å²) in [6, 6.07) is 15.4. The molecule has 0 saturated heterocycles. The van der Waals surface area contributed by atoms with Crippen LogP contribution in [-0.4, -0.2) is 25.3 Å². The number of azo groups is 1. The molecule has 122 valence electrons. The summed E-state index contributed by atoms with van der Waals surface area (Å²) in [4.78, 5) is 7.21. The summed E-state index contributed by atoms with van der Waals surface area (Å²) in [5.41, 5.74) is 2.70.